The second-order valence-electron chi connectivity index (χ2n) is 3.24. The maximum Gasteiger partial charge on any atom is 0.122 e. The molecule has 0 radical (unpaired) electrons. The molecular formula is C11H16N2OS. The van der Waals surface area contributed by atoms with Gasteiger partial charge >= 0.3 is 0 Å². The predicted octanol–water partition coefficient (Wildman–Crippen LogP) is 3.09. The second kappa shape index (κ2) is 6.54. The molecule has 0 N–H and O–H groups in total. The van der Waals surface area contributed by atoms with Crippen molar-refractivity contribution in [1.29, 1.82) is 5.26 Å². The summed E-state index contributed by atoms with van der Waals surface area (Å²) >= 11 is 1.59. The Labute approximate surface area is 94.7 Å². The smallest absolute Gasteiger partial charge is 0.122 e. The molecule has 0 aliphatic heterocycles. The molecule has 0 aliphatic rings. The summed E-state index contributed by atoms with van der Waals surface area (Å²) in [6.45, 7) is 4.83. The van der Waals surface area contributed by atoms with Crippen LogP contribution in [0.1, 0.15) is 43.5 Å². The summed E-state index contributed by atoms with van der Waals surface area (Å²) in [7, 11) is 0. The molecule has 1 unspecified atom stereocenters. The third kappa shape index (κ3) is 3.61. The topological polar surface area (TPSA) is 45.9 Å². The predicted molar refractivity (Wildman–Crippen MR) is 60.7 cm³/mol. The summed E-state index contributed by atoms with van der Waals surface area (Å²) in [5.41, 5.74) is 0.860. The number of aromatic nitrogens is 1. The number of rotatable bonds is 6. The Morgan fingerprint density at radius 3 is 3.00 bits per heavy atom. The van der Waals surface area contributed by atoms with Gasteiger partial charge in [-0.05, 0) is 13.3 Å². The number of hydrogen-bond acceptors (Lipinski definition) is 4. The molecule has 0 spiro atoms. The van der Waals surface area contributed by atoms with Gasteiger partial charge < -0.3 is 4.74 Å². The summed E-state index contributed by atoms with van der Waals surface area (Å²) < 4.78 is 5.62. The van der Waals surface area contributed by atoms with E-state index in [9.17, 15) is 0 Å². The van der Waals surface area contributed by atoms with Crippen molar-refractivity contribution in [3.05, 3.63) is 16.1 Å². The van der Waals surface area contributed by atoms with Crippen LogP contribution < -0.4 is 0 Å². The average Bonchev–Trinajstić information content (AvgIpc) is 2.67. The molecule has 0 bridgehead atoms. The van der Waals surface area contributed by atoms with Crippen LogP contribution in [0.3, 0.4) is 0 Å². The van der Waals surface area contributed by atoms with Crippen molar-refractivity contribution >= 4 is 11.3 Å². The quantitative estimate of drug-likeness (QED) is 0.746. The van der Waals surface area contributed by atoms with Crippen LogP contribution in [0.15, 0.2) is 5.38 Å². The Bertz CT molecular complexity index is 324. The summed E-state index contributed by atoms with van der Waals surface area (Å²) in [5.74, 6) is 0. The highest BCUT2D eigenvalue weighted by Crippen LogP contribution is 2.25. The van der Waals surface area contributed by atoms with E-state index in [1.54, 1.807) is 11.3 Å². The average molecular weight is 224 g/mol. The SMILES string of the molecule is CCCC(OCC)c1nc(CC#N)cs1. The van der Waals surface area contributed by atoms with Crippen LogP contribution in [-0.2, 0) is 11.2 Å². The van der Waals surface area contributed by atoms with Gasteiger partial charge in [-0.15, -0.1) is 11.3 Å². The minimum atomic E-state index is 0.109. The molecule has 15 heavy (non-hydrogen) atoms. The molecule has 1 aromatic rings. The van der Waals surface area contributed by atoms with E-state index in [0.29, 0.717) is 13.0 Å². The number of hydrogen-bond donors (Lipinski definition) is 0. The van der Waals surface area contributed by atoms with Crippen LogP contribution in [0.25, 0.3) is 0 Å². The molecular weight excluding hydrogens is 208 g/mol. The Kier molecular flexibility index (Phi) is 5.30. The molecule has 82 valence electrons. The first-order chi connectivity index (χ1) is 7.31. The van der Waals surface area contributed by atoms with E-state index in [-0.39, 0.29) is 6.10 Å². The van der Waals surface area contributed by atoms with Gasteiger partial charge in [-0.2, -0.15) is 5.26 Å². The molecule has 1 atom stereocenters. The van der Waals surface area contributed by atoms with Gasteiger partial charge in [-0.3, -0.25) is 0 Å². The molecule has 0 aliphatic carbocycles. The molecule has 1 aromatic heterocycles. The third-order valence-electron chi connectivity index (χ3n) is 2.02. The minimum absolute atomic E-state index is 0.109. The Balaban J connectivity index is 2.68. The van der Waals surface area contributed by atoms with Crippen LogP contribution in [0.2, 0.25) is 0 Å². The molecule has 3 nitrogen and oxygen atoms in total. The standard InChI is InChI=1S/C11H16N2OS/c1-3-5-10(14-4-2)11-13-9(6-7-12)8-15-11/h8,10H,3-6H2,1-2H3. The maximum absolute atomic E-state index is 8.56. The van der Waals surface area contributed by atoms with Crippen molar-refractivity contribution in [2.24, 2.45) is 0 Å². The van der Waals surface area contributed by atoms with Crippen LogP contribution in [-0.4, -0.2) is 11.6 Å². The van der Waals surface area contributed by atoms with Crippen molar-refractivity contribution in [2.45, 2.75) is 39.2 Å². The molecule has 1 rings (SSSR count). The highest BCUT2D eigenvalue weighted by atomic mass is 32.1. The van der Waals surface area contributed by atoms with Gasteiger partial charge in [0.05, 0.1) is 18.2 Å². The Hall–Kier alpha value is -0.920. The van der Waals surface area contributed by atoms with Gasteiger partial charge in [0.1, 0.15) is 11.1 Å². The van der Waals surface area contributed by atoms with E-state index in [0.717, 1.165) is 23.5 Å². The molecule has 0 saturated heterocycles. The first kappa shape index (κ1) is 12.2. The maximum atomic E-state index is 8.56. The molecule has 0 amide bonds. The van der Waals surface area contributed by atoms with Crippen LogP contribution in [0.4, 0.5) is 0 Å². The van der Waals surface area contributed by atoms with Gasteiger partial charge in [0.25, 0.3) is 0 Å². The van der Waals surface area contributed by atoms with Gasteiger partial charge in [-0.25, -0.2) is 4.98 Å². The van der Waals surface area contributed by atoms with Crippen LogP contribution >= 0.6 is 11.3 Å². The zero-order valence-corrected chi connectivity index (χ0v) is 10.0. The van der Waals surface area contributed by atoms with Gasteiger partial charge in [-0.1, -0.05) is 13.3 Å². The number of thiazole rings is 1. The molecule has 0 fully saturated rings. The van der Waals surface area contributed by atoms with E-state index in [2.05, 4.69) is 18.0 Å². The monoisotopic (exact) mass is 224 g/mol. The second-order valence-corrected chi connectivity index (χ2v) is 4.13. The fourth-order valence-electron chi connectivity index (χ4n) is 1.37. The largest absolute Gasteiger partial charge is 0.371 e. The summed E-state index contributed by atoms with van der Waals surface area (Å²) in [6, 6.07) is 2.10. The van der Waals surface area contributed by atoms with Gasteiger partial charge in [0, 0.05) is 12.0 Å². The van der Waals surface area contributed by atoms with Crippen molar-refractivity contribution < 1.29 is 4.74 Å². The van der Waals surface area contributed by atoms with Crippen molar-refractivity contribution in [3.8, 4) is 6.07 Å². The van der Waals surface area contributed by atoms with Crippen LogP contribution in [0, 0.1) is 11.3 Å². The number of ether oxygens (including phenoxy) is 1. The van der Waals surface area contributed by atoms with E-state index < -0.39 is 0 Å². The van der Waals surface area contributed by atoms with Crippen molar-refractivity contribution in [2.75, 3.05) is 6.61 Å². The molecule has 0 aromatic carbocycles. The molecule has 4 heteroatoms. The fraction of sp³-hybridized carbons (Fsp3) is 0.636. The third-order valence-corrected chi connectivity index (χ3v) is 3.01. The van der Waals surface area contributed by atoms with E-state index >= 15 is 0 Å². The van der Waals surface area contributed by atoms with Crippen molar-refractivity contribution in [3.63, 3.8) is 0 Å². The Morgan fingerprint density at radius 2 is 2.40 bits per heavy atom. The lowest BCUT2D eigenvalue weighted by Gasteiger charge is -2.12. The minimum Gasteiger partial charge on any atom is -0.371 e. The normalized spacial score (nSPS) is 12.3. The Morgan fingerprint density at radius 1 is 1.60 bits per heavy atom. The van der Waals surface area contributed by atoms with Crippen LogP contribution in [0.5, 0.6) is 0 Å². The molecule has 1 heterocycles. The summed E-state index contributed by atoms with van der Waals surface area (Å²) in [5, 5.41) is 11.5. The zero-order chi connectivity index (χ0) is 11.1. The lowest BCUT2D eigenvalue weighted by atomic mass is 10.2. The lowest BCUT2D eigenvalue weighted by Crippen LogP contribution is -2.03. The van der Waals surface area contributed by atoms with E-state index in [1.807, 2.05) is 12.3 Å². The summed E-state index contributed by atoms with van der Waals surface area (Å²) in [6.07, 6.45) is 2.57. The highest BCUT2D eigenvalue weighted by Gasteiger charge is 2.14. The van der Waals surface area contributed by atoms with Gasteiger partial charge in [0.2, 0.25) is 0 Å². The van der Waals surface area contributed by atoms with Gasteiger partial charge in [0.15, 0.2) is 0 Å². The first-order valence-corrected chi connectivity index (χ1v) is 6.12. The van der Waals surface area contributed by atoms with E-state index in [1.165, 1.54) is 0 Å². The number of nitriles is 1. The fourth-order valence-corrected chi connectivity index (χ4v) is 2.27. The van der Waals surface area contributed by atoms with E-state index in [4.69, 9.17) is 10.00 Å². The first-order valence-electron chi connectivity index (χ1n) is 5.24. The lowest BCUT2D eigenvalue weighted by molar-refractivity contribution is 0.0554. The summed E-state index contributed by atoms with van der Waals surface area (Å²) in [4.78, 5) is 4.41. The number of nitrogens with zero attached hydrogens (tertiary/aromatic N) is 2. The zero-order valence-electron chi connectivity index (χ0n) is 9.19. The van der Waals surface area contributed by atoms with Crippen molar-refractivity contribution in [1.82, 2.24) is 4.98 Å². The molecule has 0 saturated carbocycles. The highest BCUT2D eigenvalue weighted by molar-refractivity contribution is 7.09.